The zero-order valence-electron chi connectivity index (χ0n) is 10.1. The quantitative estimate of drug-likeness (QED) is 0.706. The van der Waals surface area contributed by atoms with Gasteiger partial charge in [-0.2, -0.15) is 0 Å². The van der Waals surface area contributed by atoms with E-state index in [-0.39, 0.29) is 0 Å². The first-order valence-electron chi connectivity index (χ1n) is 5.68. The number of amides is 2. The van der Waals surface area contributed by atoms with Gasteiger partial charge in [0.25, 0.3) is 0 Å². The lowest BCUT2D eigenvalue weighted by molar-refractivity contribution is -0.139. The second kappa shape index (κ2) is 7.21. The van der Waals surface area contributed by atoms with Gasteiger partial charge in [0.1, 0.15) is 12.4 Å². The van der Waals surface area contributed by atoms with Gasteiger partial charge in [-0.15, -0.1) is 0 Å². The van der Waals surface area contributed by atoms with Crippen LogP contribution >= 0.6 is 0 Å². The molecule has 0 saturated carbocycles. The van der Waals surface area contributed by atoms with Crippen molar-refractivity contribution in [2.45, 2.75) is 32.2 Å². The molecule has 1 atom stereocenters. The number of aliphatic carboxylic acids is 1. The molecule has 0 saturated heterocycles. The highest BCUT2D eigenvalue weighted by Crippen LogP contribution is 2.03. The van der Waals surface area contributed by atoms with Gasteiger partial charge in [-0.05, 0) is 6.42 Å². The molecule has 1 aromatic rings. The maximum Gasteiger partial charge on any atom is 0.326 e. The van der Waals surface area contributed by atoms with E-state index in [1.54, 1.807) is 0 Å². The van der Waals surface area contributed by atoms with E-state index in [0.29, 0.717) is 12.1 Å². The molecule has 0 spiro atoms. The average molecular weight is 252 g/mol. The van der Waals surface area contributed by atoms with E-state index in [9.17, 15) is 9.59 Å². The van der Waals surface area contributed by atoms with E-state index in [1.165, 1.54) is 18.7 Å². The van der Waals surface area contributed by atoms with Gasteiger partial charge in [-0.25, -0.2) is 19.6 Å². The van der Waals surface area contributed by atoms with Gasteiger partial charge in [0, 0.05) is 0 Å². The summed E-state index contributed by atoms with van der Waals surface area (Å²) in [6.45, 7) is 1.96. The van der Waals surface area contributed by atoms with Crippen LogP contribution in [-0.2, 0) is 4.79 Å². The number of unbranched alkanes of at least 4 members (excludes halogenated alkanes) is 1. The maximum absolute atomic E-state index is 11.5. The van der Waals surface area contributed by atoms with Crippen LogP contribution in [0.1, 0.15) is 26.2 Å². The fraction of sp³-hybridized carbons (Fsp3) is 0.455. The standard InChI is InChI=1S/C11H16N4O3/c1-2-3-4-9(10(16)17)15-11(18)14-8-5-12-7-13-6-8/h5-7,9H,2-4H2,1H3,(H,16,17)(H2,14,15,18)/t9-/m0/s1. The van der Waals surface area contributed by atoms with Crippen LogP contribution in [0.4, 0.5) is 10.5 Å². The third-order valence-electron chi connectivity index (χ3n) is 2.27. The molecule has 0 fully saturated rings. The summed E-state index contributed by atoms with van der Waals surface area (Å²) in [4.78, 5) is 29.9. The molecular formula is C11H16N4O3. The summed E-state index contributed by atoms with van der Waals surface area (Å²) in [5, 5.41) is 13.8. The molecule has 1 heterocycles. The van der Waals surface area contributed by atoms with Crippen molar-refractivity contribution in [3.05, 3.63) is 18.7 Å². The average Bonchev–Trinajstić information content (AvgIpc) is 2.35. The zero-order chi connectivity index (χ0) is 13.4. The van der Waals surface area contributed by atoms with Crippen molar-refractivity contribution in [2.24, 2.45) is 0 Å². The highest BCUT2D eigenvalue weighted by molar-refractivity contribution is 5.91. The molecule has 1 aromatic heterocycles. The summed E-state index contributed by atoms with van der Waals surface area (Å²) in [6.07, 6.45) is 6.21. The van der Waals surface area contributed by atoms with Crippen molar-refractivity contribution in [1.29, 1.82) is 0 Å². The number of urea groups is 1. The van der Waals surface area contributed by atoms with Gasteiger partial charge in [0.2, 0.25) is 0 Å². The number of carbonyl (C=O) groups is 2. The molecule has 0 aromatic carbocycles. The molecule has 0 unspecified atom stereocenters. The molecule has 3 N–H and O–H groups in total. The van der Waals surface area contributed by atoms with Gasteiger partial charge in [0.15, 0.2) is 0 Å². The molecule has 0 aliphatic rings. The molecule has 0 aliphatic heterocycles. The number of carbonyl (C=O) groups excluding carboxylic acids is 1. The lowest BCUT2D eigenvalue weighted by Crippen LogP contribution is -2.43. The third kappa shape index (κ3) is 4.77. The lowest BCUT2D eigenvalue weighted by Gasteiger charge is -2.14. The molecule has 0 radical (unpaired) electrons. The molecule has 2 amide bonds. The number of aromatic nitrogens is 2. The fourth-order valence-electron chi connectivity index (χ4n) is 1.35. The molecular weight excluding hydrogens is 236 g/mol. The Balaban J connectivity index is 2.48. The molecule has 7 nitrogen and oxygen atoms in total. The summed E-state index contributed by atoms with van der Waals surface area (Å²) >= 11 is 0. The Labute approximate surface area is 105 Å². The highest BCUT2D eigenvalue weighted by atomic mass is 16.4. The number of rotatable bonds is 6. The number of carboxylic acid groups (broad SMARTS) is 1. The van der Waals surface area contributed by atoms with Crippen molar-refractivity contribution < 1.29 is 14.7 Å². The highest BCUT2D eigenvalue weighted by Gasteiger charge is 2.19. The summed E-state index contributed by atoms with van der Waals surface area (Å²) in [6, 6.07) is -1.46. The van der Waals surface area contributed by atoms with Crippen LogP contribution in [0.3, 0.4) is 0 Å². The first-order valence-corrected chi connectivity index (χ1v) is 5.68. The minimum atomic E-state index is -1.04. The number of hydrogen-bond donors (Lipinski definition) is 3. The molecule has 98 valence electrons. The van der Waals surface area contributed by atoms with Crippen molar-refractivity contribution in [3.63, 3.8) is 0 Å². The van der Waals surface area contributed by atoms with Crippen molar-refractivity contribution in [1.82, 2.24) is 15.3 Å². The Morgan fingerprint density at radius 3 is 2.61 bits per heavy atom. The first kappa shape index (κ1) is 13.9. The largest absolute Gasteiger partial charge is 0.480 e. The van der Waals surface area contributed by atoms with E-state index in [0.717, 1.165) is 12.8 Å². The monoisotopic (exact) mass is 252 g/mol. The summed E-state index contributed by atoms with van der Waals surface area (Å²) in [5.74, 6) is -1.04. The number of nitrogens with zero attached hydrogens (tertiary/aromatic N) is 2. The predicted molar refractivity (Wildman–Crippen MR) is 65.1 cm³/mol. The third-order valence-corrected chi connectivity index (χ3v) is 2.27. The van der Waals surface area contributed by atoms with Crippen LogP contribution in [0.15, 0.2) is 18.7 Å². The normalized spacial score (nSPS) is 11.6. The molecule has 1 rings (SSSR count). The minimum Gasteiger partial charge on any atom is -0.480 e. The van der Waals surface area contributed by atoms with Gasteiger partial charge in [-0.1, -0.05) is 19.8 Å². The van der Waals surface area contributed by atoms with Crippen LogP contribution in [0.2, 0.25) is 0 Å². The van der Waals surface area contributed by atoms with Crippen LogP contribution in [0.5, 0.6) is 0 Å². The van der Waals surface area contributed by atoms with E-state index in [1.807, 2.05) is 6.92 Å². The van der Waals surface area contributed by atoms with E-state index in [2.05, 4.69) is 20.6 Å². The second-order valence-corrected chi connectivity index (χ2v) is 3.76. The van der Waals surface area contributed by atoms with E-state index < -0.39 is 18.0 Å². The number of anilines is 1. The predicted octanol–water partition coefficient (Wildman–Crippen LogP) is 1.24. The van der Waals surface area contributed by atoms with Gasteiger partial charge >= 0.3 is 12.0 Å². The van der Waals surface area contributed by atoms with Crippen LogP contribution in [0, 0.1) is 0 Å². The molecule has 0 bridgehead atoms. The number of hydrogen-bond acceptors (Lipinski definition) is 4. The van der Waals surface area contributed by atoms with Gasteiger partial charge < -0.3 is 15.7 Å². The Morgan fingerprint density at radius 1 is 1.39 bits per heavy atom. The van der Waals surface area contributed by atoms with Crippen molar-refractivity contribution >= 4 is 17.7 Å². The summed E-state index contributed by atoms with van der Waals surface area (Å²) in [5.41, 5.74) is 0.412. The second-order valence-electron chi connectivity index (χ2n) is 3.76. The Bertz CT molecular complexity index is 397. The first-order chi connectivity index (χ1) is 8.63. The number of nitrogens with one attached hydrogen (secondary N) is 2. The topological polar surface area (TPSA) is 104 Å². The van der Waals surface area contributed by atoms with Crippen LogP contribution < -0.4 is 10.6 Å². The Morgan fingerprint density at radius 2 is 2.06 bits per heavy atom. The van der Waals surface area contributed by atoms with Crippen LogP contribution in [0.25, 0.3) is 0 Å². The fourth-order valence-corrected chi connectivity index (χ4v) is 1.35. The minimum absolute atomic E-state index is 0.407. The Hall–Kier alpha value is -2.18. The van der Waals surface area contributed by atoms with Crippen molar-refractivity contribution in [3.8, 4) is 0 Å². The zero-order valence-corrected chi connectivity index (χ0v) is 10.1. The maximum atomic E-state index is 11.5. The smallest absolute Gasteiger partial charge is 0.326 e. The molecule has 7 heteroatoms. The van der Waals surface area contributed by atoms with Crippen LogP contribution in [-0.4, -0.2) is 33.1 Å². The lowest BCUT2D eigenvalue weighted by atomic mass is 10.1. The van der Waals surface area contributed by atoms with E-state index >= 15 is 0 Å². The van der Waals surface area contributed by atoms with Gasteiger partial charge in [-0.3, -0.25) is 0 Å². The van der Waals surface area contributed by atoms with Crippen molar-refractivity contribution in [2.75, 3.05) is 5.32 Å². The van der Waals surface area contributed by atoms with Gasteiger partial charge in [0.05, 0.1) is 18.1 Å². The summed E-state index contributed by atoms with van der Waals surface area (Å²) < 4.78 is 0. The molecule has 0 aliphatic carbocycles. The SMILES string of the molecule is CCCC[C@H](NC(=O)Nc1cncnc1)C(=O)O. The Kier molecular flexibility index (Phi) is 5.56. The molecule has 18 heavy (non-hydrogen) atoms. The number of carboxylic acids is 1. The van der Waals surface area contributed by atoms with E-state index in [4.69, 9.17) is 5.11 Å². The summed E-state index contributed by atoms with van der Waals surface area (Å²) in [7, 11) is 0.